The maximum Gasteiger partial charge on any atom is 0.422 e. The summed E-state index contributed by atoms with van der Waals surface area (Å²) in [4.78, 5) is 6.59. The molecule has 1 aliphatic heterocycles. The average molecular weight is 501 g/mol. The Morgan fingerprint density at radius 2 is 2.11 bits per heavy atom. The first kappa shape index (κ1) is 23.8. The van der Waals surface area contributed by atoms with Gasteiger partial charge in [0.1, 0.15) is 5.75 Å². The number of hydrogen-bond acceptors (Lipinski definition) is 3. The van der Waals surface area contributed by atoms with E-state index in [9.17, 15) is 13.2 Å². The lowest BCUT2D eigenvalue weighted by Crippen LogP contribution is -2.41. The molecular weight excluding hydrogens is 474 g/mol. The molecule has 0 radical (unpaired) electrons. The van der Waals surface area contributed by atoms with E-state index in [4.69, 9.17) is 9.47 Å². The van der Waals surface area contributed by atoms with Gasteiger partial charge in [-0.05, 0) is 19.4 Å². The van der Waals surface area contributed by atoms with Crippen molar-refractivity contribution in [2.45, 2.75) is 26.1 Å². The fourth-order valence-corrected chi connectivity index (χ4v) is 2.77. The minimum absolute atomic E-state index is 0. The fraction of sp³-hybridized carbons (Fsp3) is 0.611. The smallest absolute Gasteiger partial charge is 0.422 e. The Labute approximate surface area is 175 Å². The lowest BCUT2D eigenvalue weighted by atomic mass is 10.1. The van der Waals surface area contributed by atoms with Gasteiger partial charge in [-0.2, -0.15) is 13.2 Å². The van der Waals surface area contributed by atoms with Crippen molar-refractivity contribution < 1.29 is 22.6 Å². The molecule has 9 heteroatoms. The molecule has 1 aliphatic rings. The first-order valence-corrected chi connectivity index (χ1v) is 8.73. The second kappa shape index (κ2) is 11.6. The number of alkyl halides is 3. The first-order chi connectivity index (χ1) is 12.4. The van der Waals surface area contributed by atoms with Crippen LogP contribution >= 0.6 is 24.0 Å². The van der Waals surface area contributed by atoms with Crippen LogP contribution in [-0.2, 0) is 11.3 Å². The average Bonchev–Trinajstić information content (AvgIpc) is 3.09. The lowest BCUT2D eigenvalue weighted by Gasteiger charge is -2.24. The van der Waals surface area contributed by atoms with Crippen molar-refractivity contribution in [1.29, 1.82) is 0 Å². The number of hydrogen-bond donors (Lipinski definition) is 1. The quantitative estimate of drug-likeness (QED) is 0.352. The molecule has 27 heavy (non-hydrogen) atoms. The van der Waals surface area contributed by atoms with Gasteiger partial charge in [-0.15, -0.1) is 24.0 Å². The van der Waals surface area contributed by atoms with Gasteiger partial charge < -0.3 is 19.7 Å². The van der Waals surface area contributed by atoms with Crippen LogP contribution in [0.1, 0.15) is 18.9 Å². The zero-order chi connectivity index (χ0) is 19.0. The summed E-state index contributed by atoms with van der Waals surface area (Å²) in [6.45, 7) is 3.96. The number of guanidine groups is 1. The number of halogens is 4. The molecule has 1 fully saturated rings. The van der Waals surface area contributed by atoms with E-state index < -0.39 is 12.8 Å². The van der Waals surface area contributed by atoms with E-state index in [1.54, 1.807) is 18.2 Å². The number of ether oxygens (including phenoxy) is 2. The van der Waals surface area contributed by atoms with Gasteiger partial charge in [0.2, 0.25) is 0 Å². The second-order valence-electron chi connectivity index (χ2n) is 6.29. The molecular formula is C18H27F3IN3O2. The van der Waals surface area contributed by atoms with E-state index in [0.717, 1.165) is 26.2 Å². The van der Waals surface area contributed by atoms with E-state index >= 15 is 0 Å². The van der Waals surface area contributed by atoms with Crippen molar-refractivity contribution in [2.75, 3.05) is 40.0 Å². The van der Waals surface area contributed by atoms with Crippen LogP contribution in [-0.4, -0.2) is 57.0 Å². The second-order valence-corrected chi connectivity index (χ2v) is 6.29. The van der Waals surface area contributed by atoms with Gasteiger partial charge in [-0.3, -0.25) is 0 Å². The fourth-order valence-electron chi connectivity index (χ4n) is 2.77. The number of para-hydroxylation sites is 1. The molecule has 5 nitrogen and oxygen atoms in total. The van der Waals surface area contributed by atoms with Crippen LogP contribution < -0.4 is 10.1 Å². The Morgan fingerprint density at radius 3 is 2.74 bits per heavy atom. The molecule has 1 heterocycles. The molecule has 1 aromatic carbocycles. The summed E-state index contributed by atoms with van der Waals surface area (Å²) in [5, 5.41) is 3.22. The zero-order valence-electron chi connectivity index (χ0n) is 15.6. The molecule has 1 saturated heterocycles. The number of nitrogens with zero attached hydrogens (tertiary/aromatic N) is 2. The van der Waals surface area contributed by atoms with Gasteiger partial charge in [0.05, 0.1) is 13.2 Å². The highest BCUT2D eigenvalue weighted by atomic mass is 127. The number of nitrogens with one attached hydrogen (secondary N) is 1. The number of benzene rings is 1. The number of rotatable bonds is 7. The van der Waals surface area contributed by atoms with Crippen LogP contribution in [0.25, 0.3) is 0 Å². The van der Waals surface area contributed by atoms with Crippen molar-refractivity contribution in [3.05, 3.63) is 29.8 Å². The SMILES string of the molecule is CCNC(=NCc1ccccc1OCC(F)(F)F)N(C)CC1CCOC1.I. The van der Waals surface area contributed by atoms with E-state index in [2.05, 4.69) is 10.3 Å². The molecule has 1 unspecified atom stereocenters. The Morgan fingerprint density at radius 1 is 1.37 bits per heavy atom. The summed E-state index contributed by atoms with van der Waals surface area (Å²) in [7, 11) is 1.95. The summed E-state index contributed by atoms with van der Waals surface area (Å²) in [5.41, 5.74) is 0.616. The predicted octanol–water partition coefficient (Wildman–Crippen LogP) is 3.68. The highest BCUT2D eigenvalue weighted by molar-refractivity contribution is 14.0. The largest absolute Gasteiger partial charge is 0.484 e. The summed E-state index contributed by atoms with van der Waals surface area (Å²) < 4.78 is 47.5. The van der Waals surface area contributed by atoms with E-state index in [1.165, 1.54) is 6.07 Å². The van der Waals surface area contributed by atoms with Crippen LogP contribution in [0.15, 0.2) is 29.3 Å². The van der Waals surface area contributed by atoms with Gasteiger partial charge in [-0.25, -0.2) is 4.99 Å². The van der Waals surface area contributed by atoms with Crippen LogP contribution in [0, 0.1) is 5.92 Å². The normalized spacial score (nSPS) is 17.4. The minimum Gasteiger partial charge on any atom is -0.484 e. The molecule has 0 bridgehead atoms. The van der Waals surface area contributed by atoms with Crippen LogP contribution in [0.4, 0.5) is 13.2 Å². The van der Waals surface area contributed by atoms with Crippen LogP contribution in [0.5, 0.6) is 5.75 Å². The first-order valence-electron chi connectivity index (χ1n) is 8.73. The minimum atomic E-state index is -4.37. The summed E-state index contributed by atoms with van der Waals surface area (Å²) in [5.74, 6) is 1.38. The van der Waals surface area contributed by atoms with E-state index in [0.29, 0.717) is 24.0 Å². The summed E-state index contributed by atoms with van der Waals surface area (Å²) in [6.07, 6.45) is -3.34. The topological polar surface area (TPSA) is 46.1 Å². The maximum absolute atomic E-state index is 12.4. The Bertz CT molecular complexity index is 593. The van der Waals surface area contributed by atoms with Crippen molar-refractivity contribution in [3.8, 4) is 5.75 Å². The monoisotopic (exact) mass is 501 g/mol. The van der Waals surface area contributed by atoms with E-state index in [1.807, 2.05) is 18.9 Å². The summed E-state index contributed by atoms with van der Waals surface area (Å²) >= 11 is 0. The van der Waals surface area contributed by atoms with Crippen molar-refractivity contribution in [2.24, 2.45) is 10.9 Å². The molecule has 0 aromatic heterocycles. The lowest BCUT2D eigenvalue weighted by molar-refractivity contribution is -0.153. The third-order valence-electron chi connectivity index (χ3n) is 4.02. The van der Waals surface area contributed by atoms with Crippen molar-refractivity contribution in [3.63, 3.8) is 0 Å². The molecule has 0 spiro atoms. The molecule has 1 aromatic rings. The van der Waals surface area contributed by atoms with Crippen molar-refractivity contribution >= 4 is 29.9 Å². The predicted molar refractivity (Wildman–Crippen MR) is 110 cm³/mol. The van der Waals surface area contributed by atoms with Gasteiger partial charge >= 0.3 is 6.18 Å². The third kappa shape index (κ3) is 8.54. The van der Waals surface area contributed by atoms with Gasteiger partial charge in [-0.1, -0.05) is 18.2 Å². The van der Waals surface area contributed by atoms with Crippen LogP contribution in [0.2, 0.25) is 0 Å². The standard InChI is InChI=1S/C18H26F3N3O2.HI/c1-3-22-17(24(2)11-14-8-9-25-12-14)23-10-15-6-4-5-7-16(15)26-13-18(19,20)21;/h4-7,14H,3,8-13H2,1-2H3,(H,22,23);1H. The summed E-state index contributed by atoms with van der Waals surface area (Å²) in [6, 6.07) is 6.67. The third-order valence-corrected chi connectivity index (χ3v) is 4.02. The highest BCUT2D eigenvalue weighted by Gasteiger charge is 2.28. The highest BCUT2D eigenvalue weighted by Crippen LogP contribution is 2.23. The number of aliphatic imine (C=N–C) groups is 1. The van der Waals surface area contributed by atoms with Crippen LogP contribution in [0.3, 0.4) is 0 Å². The maximum atomic E-state index is 12.4. The van der Waals surface area contributed by atoms with Gasteiger partial charge in [0.25, 0.3) is 0 Å². The Kier molecular flexibility index (Phi) is 10.2. The van der Waals surface area contributed by atoms with E-state index in [-0.39, 0.29) is 36.3 Å². The molecule has 0 aliphatic carbocycles. The van der Waals surface area contributed by atoms with Gasteiger partial charge in [0.15, 0.2) is 12.6 Å². The van der Waals surface area contributed by atoms with Crippen molar-refractivity contribution in [1.82, 2.24) is 10.2 Å². The molecule has 1 N–H and O–H groups in total. The molecule has 2 rings (SSSR count). The van der Waals surface area contributed by atoms with Gasteiger partial charge in [0, 0.05) is 38.2 Å². The molecule has 0 amide bonds. The molecule has 0 saturated carbocycles. The Hall–Kier alpha value is -1.23. The zero-order valence-corrected chi connectivity index (χ0v) is 17.9. The molecule has 1 atom stereocenters. The Balaban J connectivity index is 0.00000364. The molecule has 154 valence electrons.